The first-order valence-electron chi connectivity index (χ1n) is 8.06. The number of carbonyl (C=O) groups is 2. The zero-order valence-electron chi connectivity index (χ0n) is 14.1. The number of carboxylic acids is 2. The van der Waals surface area contributed by atoms with Crippen molar-refractivity contribution in [3.05, 3.63) is 48.2 Å². The second kappa shape index (κ2) is 8.34. The highest BCUT2D eigenvalue weighted by Gasteiger charge is 2.21. The average molecular weight is 345 g/mol. The Kier molecular flexibility index (Phi) is 6.19. The molecule has 2 heterocycles. The summed E-state index contributed by atoms with van der Waals surface area (Å²) in [4.78, 5) is 21.5. The van der Waals surface area contributed by atoms with E-state index >= 15 is 0 Å². The zero-order chi connectivity index (χ0) is 18.4. The van der Waals surface area contributed by atoms with E-state index in [1.165, 1.54) is 36.9 Å². The molecule has 7 nitrogen and oxygen atoms in total. The Morgan fingerprint density at radius 2 is 1.68 bits per heavy atom. The number of fused-ring (bicyclic) bond motifs is 1. The smallest absolute Gasteiger partial charge is 0.328 e. The van der Waals surface area contributed by atoms with Crippen molar-refractivity contribution in [1.82, 2.24) is 9.58 Å². The monoisotopic (exact) mass is 345 g/mol. The quantitative estimate of drug-likeness (QED) is 0.579. The van der Waals surface area contributed by atoms with E-state index < -0.39 is 11.9 Å². The fourth-order valence-corrected chi connectivity index (χ4v) is 3.02. The van der Waals surface area contributed by atoms with Crippen LogP contribution in [-0.2, 0) is 9.59 Å². The van der Waals surface area contributed by atoms with E-state index in [1.54, 1.807) is 4.68 Å². The molecule has 0 saturated carbocycles. The number of likely N-dealkylation sites (tertiary alicyclic amines) is 1. The average Bonchev–Trinajstić information content (AvgIpc) is 2.92. The van der Waals surface area contributed by atoms with Crippen molar-refractivity contribution in [3.8, 4) is 0 Å². The maximum Gasteiger partial charge on any atom is 0.328 e. The highest BCUT2D eigenvalue weighted by molar-refractivity contribution is 5.89. The van der Waals surface area contributed by atoms with E-state index in [2.05, 4.69) is 36.3 Å². The number of nitrogen functional groups attached to an aromatic ring is 1. The van der Waals surface area contributed by atoms with Crippen LogP contribution in [0.2, 0.25) is 0 Å². The van der Waals surface area contributed by atoms with Crippen molar-refractivity contribution in [2.75, 3.05) is 26.0 Å². The predicted molar refractivity (Wildman–Crippen MR) is 96.0 cm³/mol. The van der Waals surface area contributed by atoms with E-state index in [0.29, 0.717) is 18.1 Å². The molecule has 0 spiro atoms. The molecule has 0 radical (unpaired) electrons. The van der Waals surface area contributed by atoms with Crippen LogP contribution in [0.3, 0.4) is 0 Å². The number of aromatic nitrogens is 1. The number of piperidine rings is 1. The van der Waals surface area contributed by atoms with Crippen LogP contribution in [-0.4, -0.2) is 51.9 Å². The SMILES string of the molecule is CN1CCC(c2cn(N)c3ccccc23)CC1.O=C(O)/C=C/C(=O)O. The van der Waals surface area contributed by atoms with E-state index in [9.17, 15) is 9.59 Å². The predicted octanol–water partition coefficient (Wildman–Crippen LogP) is 1.88. The van der Waals surface area contributed by atoms with Crippen LogP contribution in [0, 0.1) is 0 Å². The summed E-state index contributed by atoms with van der Waals surface area (Å²) in [7, 11) is 2.20. The summed E-state index contributed by atoms with van der Waals surface area (Å²) in [5.41, 5.74) is 2.57. The minimum absolute atomic E-state index is 0.558. The molecule has 25 heavy (non-hydrogen) atoms. The number of benzene rings is 1. The number of para-hydroxylation sites is 1. The Morgan fingerprint density at radius 1 is 1.12 bits per heavy atom. The first-order chi connectivity index (χ1) is 11.9. The van der Waals surface area contributed by atoms with Crippen molar-refractivity contribution in [3.63, 3.8) is 0 Å². The van der Waals surface area contributed by atoms with Gasteiger partial charge < -0.3 is 21.0 Å². The van der Waals surface area contributed by atoms with Crippen molar-refractivity contribution < 1.29 is 19.8 Å². The summed E-state index contributed by atoms with van der Waals surface area (Å²) in [6, 6.07) is 8.42. The summed E-state index contributed by atoms with van der Waals surface area (Å²) in [6.07, 6.45) is 5.71. The minimum atomic E-state index is -1.26. The molecule has 1 aliphatic rings. The lowest BCUT2D eigenvalue weighted by molar-refractivity contribution is -0.134. The number of carboxylic acid groups (broad SMARTS) is 2. The lowest BCUT2D eigenvalue weighted by Crippen LogP contribution is -2.29. The molecule has 0 bridgehead atoms. The first-order valence-corrected chi connectivity index (χ1v) is 8.06. The lowest BCUT2D eigenvalue weighted by atomic mass is 9.89. The van der Waals surface area contributed by atoms with E-state index in [1.807, 2.05) is 6.07 Å². The van der Waals surface area contributed by atoms with Crippen molar-refractivity contribution >= 4 is 22.8 Å². The van der Waals surface area contributed by atoms with Gasteiger partial charge in [0.05, 0.1) is 5.52 Å². The Morgan fingerprint density at radius 3 is 2.24 bits per heavy atom. The summed E-state index contributed by atoms with van der Waals surface area (Å²) in [5.74, 6) is 4.17. The molecule has 0 aliphatic carbocycles. The molecule has 7 heteroatoms. The largest absolute Gasteiger partial charge is 0.478 e. The molecule has 0 amide bonds. The van der Waals surface area contributed by atoms with Crippen LogP contribution in [0.5, 0.6) is 0 Å². The van der Waals surface area contributed by atoms with Gasteiger partial charge in [0.1, 0.15) is 0 Å². The van der Waals surface area contributed by atoms with E-state index in [4.69, 9.17) is 16.1 Å². The minimum Gasteiger partial charge on any atom is -0.478 e. The third-order valence-electron chi connectivity index (χ3n) is 4.30. The van der Waals surface area contributed by atoms with Gasteiger partial charge in [-0.25, -0.2) is 9.59 Å². The maximum atomic E-state index is 9.55. The number of rotatable bonds is 3. The van der Waals surface area contributed by atoms with Crippen LogP contribution in [0.15, 0.2) is 42.6 Å². The van der Waals surface area contributed by atoms with Gasteiger partial charge in [-0.05, 0) is 50.5 Å². The zero-order valence-corrected chi connectivity index (χ0v) is 14.1. The van der Waals surface area contributed by atoms with Crippen LogP contribution < -0.4 is 5.84 Å². The standard InChI is InChI=1S/C14H19N3.C4H4O4/c1-16-8-6-11(7-9-16)13-10-17(15)14-5-3-2-4-12(13)14;5-3(6)1-2-4(7)8/h2-5,10-11H,6-9,15H2,1H3;1-2H,(H,5,6)(H,7,8)/b;2-1+. The second-order valence-corrected chi connectivity index (χ2v) is 6.10. The summed E-state index contributed by atoms with van der Waals surface area (Å²) in [5, 5.41) is 16.9. The van der Waals surface area contributed by atoms with Gasteiger partial charge in [-0.2, -0.15) is 0 Å². The van der Waals surface area contributed by atoms with Gasteiger partial charge in [-0.1, -0.05) is 18.2 Å². The van der Waals surface area contributed by atoms with Crippen LogP contribution in [0.4, 0.5) is 0 Å². The molecule has 0 unspecified atom stereocenters. The van der Waals surface area contributed by atoms with Crippen LogP contribution >= 0.6 is 0 Å². The fraction of sp³-hybridized carbons (Fsp3) is 0.333. The van der Waals surface area contributed by atoms with Gasteiger partial charge in [0.15, 0.2) is 0 Å². The topological polar surface area (TPSA) is 109 Å². The number of aliphatic carboxylic acids is 2. The van der Waals surface area contributed by atoms with Crippen LogP contribution in [0.1, 0.15) is 24.3 Å². The van der Waals surface area contributed by atoms with Gasteiger partial charge >= 0.3 is 11.9 Å². The third kappa shape index (κ3) is 5.09. The molecule has 1 aliphatic heterocycles. The highest BCUT2D eigenvalue weighted by Crippen LogP contribution is 2.33. The lowest BCUT2D eigenvalue weighted by Gasteiger charge is -2.28. The fourth-order valence-electron chi connectivity index (χ4n) is 3.02. The van der Waals surface area contributed by atoms with Gasteiger partial charge in [0, 0.05) is 23.7 Å². The molecule has 1 fully saturated rings. The Hall–Kier alpha value is -2.80. The van der Waals surface area contributed by atoms with Gasteiger partial charge in [0.2, 0.25) is 0 Å². The molecular formula is C18H23N3O4. The Balaban J connectivity index is 0.000000242. The van der Waals surface area contributed by atoms with E-state index in [-0.39, 0.29) is 0 Å². The van der Waals surface area contributed by atoms with Gasteiger partial charge in [0.25, 0.3) is 0 Å². The Labute approximate surface area is 145 Å². The normalized spacial score (nSPS) is 15.9. The third-order valence-corrected chi connectivity index (χ3v) is 4.30. The molecule has 1 saturated heterocycles. The highest BCUT2D eigenvalue weighted by atomic mass is 16.4. The van der Waals surface area contributed by atoms with Crippen molar-refractivity contribution in [2.45, 2.75) is 18.8 Å². The summed E-state index contributed by atoms with van der Waals surface area (Å²) >= 11 is 0. The molecule has 4 N–H and O–H groups in total. The maximum absolute atomic E-state index is 9.55. The second-order valence-electron chi connectivity index (χ2n) is 6.10. The number of nitrogens with zero attached hydrogens (tertiary/aromatic N) is 2. The van der Waals surface area contributed by atoms with E-state index in [0.717, 1.165) is 5.52 Å². The molecule has 2 aromatic rings. The number of hydrogen-bond acceptors (Lipinski definition) is 4. The molecule has 1 aromatic heterocycles. The number of hydrogen-bond donors (Lipinski definition) is 3. The number of nitrogens with two attached hydrogens (primary N) is 1. The first kappa shape index (κ1) is 18.5. The summed E-state index contributed by atoms with van der Waals surface area (Å²) in [6.45, 7) is 2.38. The van der Waals surface area contributed by atoms with Crippen LogP contribution in [0.25, 0.3) is 10.9 Å². The summed E-state index contributed by atoms with van der Waals surface area (Å²) < 4.78 is 1.77. The molecule has 0 atom stereocenters. The molecule has 3 rings (SSSR count). The van der Waals surface area contributed by atoms with Crippen molar-refractivity contribution in [2.24, 2.45) is 0 Å². The van der Waals surface area contributed by atoms with Gasteiger partial charge in [-0.3, -0.25) is 4.68 Å². The molecule has 1 aromatic carbocycles. The van der Waals surface area contributed by atoms with Crippen molar-refractivity contribution in [1.29, 1.82) is 0 Å². The molecular weight excluding hydrogens is 322 g/mol. The molecule has 134 valence electrons. The van der Waals surface area contributed by atoms with Gasteiger partial charge in [-0.15, -0.1) is 0 Å². The Bertz CT molecular complexity index is 758.